The molecule has 9 nitrogen and oxygen atoms in total. The quantitative estimate of drug-likeness (QED) is 0.128. The summed E-state index contributed by atoms with van der Waals surface area (Å²) in [5.74, 6) is 0.344. The summed E-state index contributed by atoms with van der Waals surface area (Å²) in [6.07, 6.45) is 4.41. The molecule has 0 radical (unpaired) electrons. The average molecular weight is 533 g/mol. The van der Waals surface area contributed by atoms with Crippen LogP contribution in [-0.2, 0) is 4.79 Å². The summed E-state index contributed by atoms with van der Waals surface area (Å²) in [6, 6.07) is 21.6. The largest absolute Gasteiger partial charge is 0.276 e. The van der Waals surface area contributed by atoms with Gasteiger partial charge in [0.2, 0.25) is 0 Å². The summed E-state index contributed by atoms with van der Waals surface area (Å²) in [6.45, 7) is 2.01. The highest BCUT2D eigenvalue weighted by Gasteiger charge is 2.17. The number of carbonyl (C=O) groups excluding carboxylic acids is 1. The van der Waals surface area contributed by atoms with Crippen LogP contribution in [0.5, 0.6) is 0 Å². The number of allylic oxidation sites excluding steroid dienone is 1. The molecular weight excluding hydrogens is 512 g/mol. The van der Waals surface area contributed by atoms with Crippen LogP contribution in [-0.4, -0.2) is 37.6 Å². The fraction of sp³-hybridized carbons (Fsp3) is 0.0769. The fourth-order valence-corrected chi connectivity index (χ4v) is 4.20. The summed E-state index contributed by atoms with van der Waals surface area (Å²) in [5, 5.41) is 24.8. The number of nitrogens with one attached hydrogen (secondary N) is 1. The van der Waals surface area contributed by atoms with E-state index in [1.165, 1.54) is 30.1 Å². The zero-order chi connectivity index (χ0) is 26.2. The Hall–Kier alpha value is -4.28. The topological polar surface area (TPSA) is 115 Å². The first-order valence-corrected chi connectivity index (χ1v) is 12.4. The van der Waals surface area contributed by atoms with Crippen LogP contribution in [0.15, 0.2) is 89.1 Å². The monoisotopic (exact) mass is 532 g/mol. The maximum absolute atomic E-state index is 12.4. The van der Waals surface area contributed by atoms with Crippen molar-refractivity contribution in [1.29, 1.82) is 0 Å². The molecule has 4 aromatic rings. The van der Waals surface area contributed by atoms with Gasteiger partial charge in [-0.25, -0.2) is 5.43 Å². The van der Waals surface area contributed by atoms with Gasteiger partial charge >= 0.3 is 0 Å². The Bertz CT molecular complexity index is 1470. The molecule has 1 heterocycles. The maximum atomic E-state index is 12.4. The van der Waals surface area contributed by atoms with E-state index in [1.807, 2.05) is 47.9 Å². The molecule has 1 aromatic heterocycles. The second kappa shape index (κ2) is 12.1. The van der Waals surface area contributed by atoms with Crippen molar-refractivity contribution in [3.05, 3.63) is 105 Å². The summed E-state index contributed by atoms with van der Waals surface area (Å²) < 4.78 is 1.87. The number of benzene rings is 3. The van der Waals surface area contributed by atoms with Crippen LogP contribution in [0.2, 0.25) is 5.02 Å². The molecule has 1 amide bonds. The smallest absolute Gasteiger partial charge is 0.272 e. The van der Waals surface area contributed by atoms with Crippen LogP contribution in [0.25, 0.3) is 23.2 Å². The number of aromatic nitrogens is 3. The van der Waals surface area contributed by atoms with Crippen LogP contribution >= 0.6 is 23.4 Å². The van der Waals surface area contributed by atoms with Gasteiger partial charge < -0.3 is 0 Å². The van der Waals surface area contributed by atoms with Gasteiger partial charge in [0.15, 0.2) is 11.0 Å². The van der Waals surface area contributed by atoms with E-state index in [4.69, 9.17) is 11.6 Å². The summed E-state index contributed by atoms with van der Waals surface area (Å²) in [7, 11) is 0. The second-order valence-corrected chi connectivity index (χ2v) is 9.14. The number of halogens is 1. The summed E-state index contributed by atoms with van der Waals surface area (Å²) in [5.41, 5.74) is 5.69. The van der Waals surface area contributed by atoms with Gasteiger partial charge in [0.1, 0.15) is 0 Å². The number of rotatable bonds is 9. The average Bonchev–Trinajstić information content (AvgIpc) is 3.32. The molecule has 0 aliphatic heterocycles. The van der Waals surface area contributed by atoms with E-state index in [0.717, 1.165) is 16.8 Å². The van der Waals surface area contributed by atoms with Crippen molar-refractivity contribution in [2.75, 3.05) is 5.75 Å². The molecule has 0 spiro atoms. The first-order chi connectivity index (χ1) is 17.9. The first kappa shape index (κ1) is 25.8. The highest BCUT2D eigenvalue weighted by molar-refractivity contribution is 7.99. The van der Waals surface area contributed by atoms with E-state index in [9.17, 15) is 14.9 Å². The minimum atomic E-state index is -0.456. The van der Waals surface area contributed by atoms with Crippen LogP contribution in [0, 0.1) is 17.0 Å². The van der Waals surface area contributed by atoms with E-state index in [-0.39, 0.29) is 17.3 Å². The number of hydrogen-bond donors (Lipinski definition) is 1. The summed E-state index contributed by atoms with van der Waals surface area (Å²) >= 11 is 7.29. The number of para-hydroxylation sites is 1. The Morgan fingerprint density at radius 2 is 1.84 bits per heavy atom. The lowest BCUT2D eigenvalue weighted by Gasteiger charge is -2.10. The van der Waals surface area contributed by atoms with Crippen LogP contribution < -0.4 is 5.43 Å². The van der Waals surface area contributed by atoms with Gasteiger partial charge in [-0.3, -0.25) is 19.5 Å². The number of nitrogens with zero attached hydrogens (tertiary/aromatic N) is 5. The van der Waals surface area contributed by atoms with Crippen molar-refractivity contribution in [3.8, 4) is 17.1 Å². The van der Waals surface area contributed by atoms with Crippen molar-refractivity contribution < 1.29 is 9.72 Å². The molecular formula is C26H21ClN6O3S. The lowest BCUT2D eigenvalue weighted by Crippen LogP contribution is -2.19. The molecule has 0 aliphatic carbocycles. The molecule has 1 N–H and O–H groups in total. The van der Waals surface area contributed by atoms with Gasteiger partial charge in [0, 0.05) is 28.6 Å². The molecule has 0 bridgehead atoms. The standard InChI is InChI=1S/C26H21ClN6O3S/c1-18-8-10-20(11-9-18)25-30-31-26(32(25)22-14-12-21(27)13-15-22)37-17-24(34)29-28-16-4-6-19-5-2-3-7-23(19)33(35)36/h2-16H,17H2,1H3,(H,29,34)/b6-4+,28-16-. The van der Waals surface area contributed by atoms with Gasteiger partial charge in [0.25, 0.3) is 11.6 Å². The van der Waals surface area contributed by atoms with E-state index < -0.39 is 4.92 Å². The van der Waals surface area contributed by atoms with Crippen molar-refractivity contribution in [2.24, 2.45) is 5.10 Å². The number of hydrogen-bond acceptors (Lipinski definition) is 7. The van der Waals surface area contributed by atoms with E-state index in [2.05, 4.69) is 20.7 Å². The van der Waals surface area contributed by atoms with E-state index >= 15 is 0 Å². The maximum Gasteiger partial charge on any atom is 0.276 e. The third-order valence-electron chi connectivity index (χ3n) is 5.12. The van der Waals surface area contributed by atoms with Crippen molar-refractivity contribution in [1.82, 2.24) is 20.2 Å². The zero-order valence-electron chi connectivity index (χ0n) is 19.6. The first-order valence-electron chi connectivity index (χ1n) is 11.1. The lowest BCUT2D eigenvalue weighted by molar-refractivity contribution is -0.385. The molecule has 0 aliphatic rings. The van der Waals surface area contributed by atoms with Gasteiger partial charge in [-0.2, -0.15) is 5.10 Å². The minimum absolute atomic E-state index is 0.0117. The van der Waals surface area contributed by atoms with Gasteiger partial charge in [0.05, 0.1) is 16.2 Å². The van der Waals surface area contributed by atoms with E-state index in [1.54, 1.807) is 36.4 Å². The molecule has 0 saturated carbocycles. The Morgan fingerprint density at radius 3 is 2.57 bits per heavy atom. The molecule has 0 atom stereocenters. The number of amides is 1. The molecule has 0 fully saturated rings. The molecule has 37 heavy (non-hydrogen) atoms. The lowest BCUT2D eigenvalue weighted by atomic mass is 10.1. The van der Waals surface area contributed by atoms with Crippen molar-refractivity contribution in [3.63, 3.8) is 0 Å². The Balaban J connectivity index is 1.44. The number of aryl methyl sites for hydroxylation is 1. The number of nitro groups is 1. The molecule has 3 aromatic carbocycles. The second-order valence-electron chi connectivity index (χ2n) is 7.76. The number of nitro benzene ring substituents is 1. The fourth-order valence-electron chi connectivity index (χ4n) is 3.33. The van der Waals surface area contributed by atoms with Crippen molar-refractivity contribution in [2.45, 2.75) is 12.1 Å². The Morgan fingerprint density at radius 1 is 1.11 bits per heavy atom. The van der Waals surface area contributed by atoms with Crippen LogP contribution in [0.4, 0.5) is 5.69 Å². The number of carbonyl (C=O) groups is 1. The number of hydrazone groups is 1. The normalized spacial score (nSPS) is 11.3. The van der Waals surface area contributed by atoms with Gasteiger partial charge in [-0.05, 0) is 49.4 Å². The van der Waals surface area contributed by atoms with Crippen molar-refractivity contribution >= 4 is 47.2 Å². The molecule has 0 saturated heterocycles. The van der Waals surface area contributed by atoms with Gasteiger partial charge in [-0.15, -0.1) is 10.2 Å². The number of thioether (sulfide) groups is 1. The van der Waals surface area contributed by atoms with Gasteiger partial charge in [-0.1, -0.05) is 65.3 Å². The molecule has 4 rings (SSSR count). The van der Waals surface area contributed by atoms with Crippen LogP contribution in [0.3, 0.4) is 0 Å². The third kappa shape index (κ3) is 6.69. The Kier molecular flexibility index (Phi) is 8.44. The highest BCUT2D eigenvalue weighted by Crippen LogP contribution is 2.28. The summed E-state index contributed by atoms with van der Waals surface area (Å²) in [4.78, 5) is 23.0. The molecule has 0 unspecified atom stereocenters. The Labute approximate surface area is 222 Å². The zero-order valence-corrected chi connectivity index (χ0v) is 21.2. The predicted molar refractivity (Wildman–Crippen MR) is 146 cm³/mol. The third-order valence-corrected chi connectivity index (χ3v) is 6.30. The van der Waals surface area contributed by atoms with E-state index in [0.29, 0.717) is 21.6 Å². The predicted octanol–water partition coefficient (Wildman–Crippen LogP) is 5.71. The molecule has 186 valence electrons. The SMILES string of the molecule is Cc1ccc(-c2nnc(SCC(=O)N/N=C\C=C\c3ccccc3[N+](=O)[O-])n2-c2ccc(Cl)cc2)cc1. The molecule has 11 heteroatoms. The minimum Gasteiger partial charge on any atom is -0.272 e. The van der Waals surface area contributed by atoms with Crippen LogP contribution in [0.1, 0.15) is 11.1 Å². The highest BCUT2D eigenvalue weighted by atomic mass is 35.5.